The maximum Gasteiger partial charge on any atom is 0.344 e. The molecule has 36 heavy (non-hydrogen) atoms. The van der Waals surface area contributed by atoms with E-state index in [1.165, 1.54) is 25.3 Å². The summed E-state index contributed by atoms with van der Waals surface area (Å²) in [6, 6.07) is 10.7. The van der Waals surface area contributed by atoms with Gasteiger partial charge in [0.1, 0.15) is 11.9 Å². The van der Waals surface area contributed by atoms with Crippen molar-refractivity contribution in [2.24, 2.45) is 17.8 Å². The van der Waals surface area contributed by atoms with Crippen LogP contribution in [0.4, 0.5) is 5.69 Å². The van der Waals surface area contributed by atoms with Crippen molar-refractivity contribution in [1.29, 1.82) is 0 Å². The van der Waals surface area contributed by atoms with Crippen LogP contribution in [-0.4, -0.2) is 40.2 Å². The van der Waals surface area contributed by atoms with Crippen LogP contribution in [-0.2, 0) is 24.3 Å². The quantitative estimate of drug-likeness (QED) is 0.468. The highest BCUT2D eigenvalue weighted by molar-refractivity contribution is 7.92. The first-order chi connectivity index (χ1) is 17.0. The van der Waals surface area contributed by atoms with Crippen molar-refractivity contribution in [1.82, 2.24) is 0 Å². The molecule has 0 aromatic heterocycles. The number of ether oxygens (including phenoxy) is 3. The fraction of sp³-hybridized carbons (Fsp3) is 0.481. The second kappa shape index (κ2) is 11.8. The van der Waals surface area contributed by atoms with Crippen LogP contribution in [0.2, 0.25) is 0 Å². The van der Waals surface area contributed by atoms with Crippen molar-refractivity contribution in [3.8, 4) is 5.75 Å². The highest BCUT2D eigenvalue weighted by Crippen LogP contribution is 2.35. The zero-order valence-corrected chi connectivity index (χ0v) is 22.3. The van der Waals surface area contributed by atoms with Crippen molar-refractivity contribution in [3.05, 3.63) is 53.6 Å². The summed E-state index contributed by atoms with van der Waals surface area (Å²) in [4.78, 5) is 25.1. The molecule has 2 aromatic carbocycles. The van der Waals surface area contributed by atoms with E-state index in [0.717, 1.165) is 19.3 Å². The Morgan fingerprint density at radius 3 is 2.53 bits per heavy atom. The van der Waals surface area contributed by atoms with E-state index in [9.17, 15) is 18.0 Å². The van der Waals surface area contributed by atoms with Gasteiger partial charge >= 0.3 is 11.9 Å². The molecule has 1 saturated carbocycles. The van der Waals surface area contributed by atoms with Crippen molar-refractivity contribution >= 4 is 27.6 Å². The third-order valence-electron chi connectivity index (χ3n) is 6.66. The number of nitrogens with one attached hydrogen (secondary N) is 1. The van der Waals surface area contributed by atoms with Crippen LogP contribution in [0, 0.1) is 24.7 Å². The SMILES string of the molecule is COc1ccccc1NS(=O)(=O)c1ccc(C)c(C(=O)OCC(=O)O[C@@H]2C[C@H](C)CC[C@H]2C(C)C)c1. The van der Waals surface area contributed by atoms with Gasteiger partial charge in [-0.15, -0.1) is 0 Å². The van der Waals surface area contributed by atoms with E-state index in [0.29, 0.717) is 23.1 Å². The number of esters is 2. The number of aryl methyl sites for hydroxylation is 1. The zero-order valence-electron chi connectivity index (χ0n) is 21.4. The molecule has 1 aliphatic rings. The summed E-state index contributed by atoms with van der Waals surface area (Å²) < 4.78 is 44.5. The van der Waals surface area contributed by atoms with Crippen LogP contribution in [0.1, 0.15) is 56.0 Å². The van der Waals surface area contributed by atoms with Crippen LogP contribution in [0.15, 0.2) is 47.4 Å². The summed E-state index contributed by atoms with van der Waals surface area (Å²) in [6.07, 6.45) is 2.70. The van der Waals surface area contributed by atoms with Gasteiger partial charge in [-0.1, -0.05) is 45.4 Å². The number of carbonyl (C=O) groups excluding carboxylic acids is 2. The molecule has 9 heteroatoms. The van der Waals surface area contributed by atoms with E-state index in [1.807, 2.05) is 0 Å². The fourth-order valence-corrected chi connectivity index (χ4v) is 5.67. The first-order valence-electron chi connectivity index (χ1n) is 12.1. The van der Waals surface area contributed by atoms with Gasteiger partial charge in [-0.2, -0.15) is 0 Å². The molecule has 0 amide bonds. The third-order valence-corrected chi connectivity index (χ3v) is 8.02. The fourth-order valence-electron chi connectivity index (χ4n) is 4.58. The number of para-hydroxylation sites is 2. The smallest absolute Gasteiger partial charge is 0.344 e. The van der Waals surface area contributed by atoms with Gasteiger partial charge in [0, 0.05) is 0 Å². The number of methoxy groups -OCH3 is 1. The lowest BCUT2D eigenvalue weighted by molar-refractivity contribution is -0.159. The van der Waals surface area contributed by atoms with Gasteiger partial charge in [-0.25, -0.2) is 18.0 Å². The Balaban J connectivity index is 1.68. The number of benzene rings is 2. The van der Waals surface area contributed by atoms with E-state index in [-0.39, 0.29) is 28.2 Å². The van der Waals surface area contributed by atoms with Crippen molar-refractivity contribution in [2.45, 2.75) is 58.0 Å². The molecule has 0 spiro atoms. The van der Waals surface area contributed by atoms with Crippen LogP contribution in [0.3, 0.4) is 0 Å². The second-order valence-corrected chi connectivity index (χ2v) is 11.4. The molecule has 0 heterocycles. The van der Waals surface area contributed by atoms with E-state index in [1.54, 1.807) is 31.2 Å². The Hall–Kier alpha value is -3.07. The zero-order chi connectivity index (χ0) is 26.5. The summed E-state index contributed by atoms with van der Waals surface area (Å²) in [5.41, 5.74) is 0.840. The second-order valence-electron chi connectivity index (χ2n) is 9.71. The normalized spacial score (nSPS) is 20.0. The topological polar surface area (TPSA) is 108 Å². The molecule has 0 unspecified atom stereocenters. The Bertz CT molecular complexity index is 1190. The van der Waals surface area contributed by atoms with Crippen LogP contribution < -0.4 is 9.46 Å². The van der Waals surface area contributed by atoms with Crippen LogP contribution in [0.25, 0.3) is 0 Å². The third kappa shape index (κ3) is 6.78. The molecule has 196 valence electrons. The molecular formula is C27H35NO7S. The Labute approximate surface area is 213 Å². The predicted molar refractivity (Wildman–Crippen MR) is 136 cm³/mol. The number of rotatable bonds is 9. The largest absolute Gasteiger partial charge is 0.495 e. The summed E-state index contributed by atoms with van der Waals surface area (Å²) in [7, 11) is -2.58. The standard InChI is InChI=1S/C27H35NO7S/c1-17(2)21-13-10-18(3)14-25(21)35-26(29)16-34-27(30)22-15-20(12-11-19(22)4)36(31,32)28-23-8-6-7-9-24(23)33-5/h6-9,11-12,15,17-18,21,25,28H,10,13-14,16H2,1-5H3/t18-,21+,25-/m1/s1. The number of hydrogen-bond acceptors (Lipinski definition) is 7. The number of carbonyl (C=O) groups is 2. The predicted octanol–water partition coefficient (Wildman–Crippen LogP) is 4.97. The Kier molecular flexibility index (Phi) is 9.00. The first kappa shape index (κ1) is 27.5. The van der Waals surface area contributed by atoms with Crippen molar-refractivity contribution in [3.63, 3.8) is 0 Å². The summed E-state index contributed by atoms with van der Waals surface area (Å²) >= 11 is 0. The number of sulfonamides is 1. The molecule has 3 atom stereocenters. The van der Waals surface area contributed by atoms with Gasteiger partial charge in [0.05, 0.1) is 23.3 Å². The lowest BCUT2D eigenvalue weighted by atomic mass is 9.75. The molecule has 0 aliphatic heterocycles. The summed E-state index contributed by atoms with van der Waals surface area (Å²) in [5.74, 6) is 0.0921. The minimum Gasteiger partial charge on any atom is -0.495 e. The van der Waals surface area contributed by atoms with E-state index >= 15 is 0 Å². The average Bonchev–Trinajstić information content (AvgIpc) is 2.82. The van der Waals surface area contributed by atoms with Crippen LogP contribution in [0.5, 0.6) is 5.75 Å². The average molecular weight is 518 g/mol. The number of hydrogen-bond donors (Lipinski definition) is 1. The van der Waals surface area contributed by atoms with E-state index in [4.69, 9.17) is 14.2 Å². The first-order valence-corrected chi connectivity index (χ1v) is 13.6. The Morgan fingerprint density at radius 2 is 1.83 bits per heavy atom. The Morgan fingerprint density at radius 1 is 1.11 bits per heavy atom. The molecule has 1 N–H and O–H groups in total. The van der Waals surface area contributed by atoms with Gasteiger partial charge in [0.2, 0.25) is 0 Å². The molecule has 2 aromatic rings. The molecule has 3 rings (SSSR count). The monoisotopic (exact) mass is 517 g/mol. The van der Waals surface area contributed by atoms with E-state index in [2.05, 4.69) is 25.5 Å². The number of anilines is 1. The summed E-state index contributed by atoms with van der Waals surface area (Å²) in [5, 5.41) is 0. The molecule has 8 nitrogen and oxygen atoms in total. The molecular weight excluding hydrogens is 482 g/mol. The van der Waals surface area contributed by atoms with E-state index < -0.39 is 28.6 Å². The lowest BCUT2D eigenvalue weighted by Gasteiger charge is -2.36. The lowest BCUT2D eigenvalue weighted by Crippen LogP contribution is -2.36. The van der Waals surface area contributed by atoms with Gasteiger partial charge in [0.25, 0.3) is 10.0 Å². The highest BCUT2D eigenvalue weighted by Gasteiger charge is 2.33. The molecule has 0 saturated heterocycles. The maximum absolute atomic E-state index is 13.0. The van der Waals surface area contributed by atoms with Crippen molar-refractivity contribution < 1.29 is 32.2 Å². The van der Waals surface area contributed by atoms with Gasteiger partial charge < -0.3 is 14.2 Å². The van der Waals surface area contributed by atoms with Crippen LogP contribution >= 0.6 is 0 Å². The highest BCUT2D eigenvalue weighted by atomic mass is 32.2. The maximum atomic E-state index is 13.0. The molecule has 0 radical (unpaired) electrons. The molecule has 1 aliphatic carbocycles. The van der Waals surface area contributed by atoms with Gasteiger partial charge in [-0.05, 0) is 67.3 Å². The van der Waals surface area contributed by atoms with Gasteiger partial charge in [0.15, 0.2) is 6.61 Å². The van der Waals surface area contributed by atoms with Crippen molar-refractivity contribution in [2.75, 3.05) is 18.4 Å². The minimum atomic E-state index is -4.02. The molecule has 1 fully saturated rings. The van der Waals surface area contributed by atoms with Gasteiger partial charge in [-0.3, -0.25) is 4.72 Å². The summed E-state index contributed by atoms with van der Waals surface area (Å²) in [6.45, 7) is 7.51. The molecule has 0 bridgehead atoms. The minimum absolute atomic E-state index is 0.0528.